The number of aliphatic hydroxyl groups excluding tert-OH is 2. The molecule has 1 rings (SSSR count). The van der Waals surface area contributed by atoms with E-state index in [-0.39, 0.29) is 6.61 Å². The van der Waals surface area contributed by atoms with Crippen molar-refractivity contribution in [2.75, 3.05) is 27.9 Å². The zero-order chi connectivity index (χ0) is 11.4. The third kappa shape index (κ3) is 2.66. The van der Waals surface area contributed by atoms with Crippen LogP contribution in [0.15, 0.2) is 0 Å². The molecule has 0 aliphatic carbocycles. The van der Waals surface area contributed by atoms with Gasteiger partial charge in [0.05, 0.1) is 6.61 Å². The van der Waals surface area contributed by atoms with Crippen molar-refractivity contribution >= 4 is 0 Å². The molecule has 2 N–H and O–H groups in total. The number of aliphatic hydroxyl groups is 2. The normalized spacial score (nSPS) is 41.8. The van der Waals surface area contributed by atoms with Crippen molar-refractivity contribution in [2.24, 2.45) is 0 Å². The summed E-state index contributed by atoms with van der Waals surface area (Å²) in [6, 6.07) is 0. The van der Waals surface area contributed by atoms with Gasteiger partial charge in [-0.25, -0.2) is 0 Å². The van der Waals surface area contributed by atoms with Crippen LogP contribution in [-0.4, -0.2) is 68.9 Å². The van der Waals surface area contributed by atoms with Gasteiger partial charge in [0.25, 0.3) is 0 Å². The van der Waals surface area contributed by atoms with Gasteiger partial charge in [-0.15, -0.1) is 0 Å². The van der Waals surface area contributed by atoms with Crippen molar-refractivity contribution in [2.45, 2.75) is 30.7 Å². The summed E-state index contributed by atoms with van der Waals surface area (Å²) in [6.07, 6.45) is -3.94. The minimum absolute atomic E-state index is 0.189. The Hall–Kier alpha value is -0.240. The third-order valence-corrected chi connectivity index (χ3v) is 2.51. The first-order valence-corrected chi connectivity index (χ1v) is 4.71. The molecule has 6 heteroatoms. The summed E-state index contributed by atoms with van der Waals surface area (Å²) >= 11 is 0. The average Bonchev–Trinajstić information content (AvgIpc) is 2.22. The van der Waals surface area contributed by atoms with Crippen LogP contribution < -0.4 is 0 Å². The summed E-state index contributed by atoms with van der Waals surface area (Å²) in [4.78, 5) is 0. The second kappa shape index (κ2) is 5.74. The van der Waals surface area contributed by atoms with Gasteiger partial charge in [0.1, 0.15) is 24.4 Å². The van der Waals surface area contributed by atoms with Gasteiger partial charge in [0, 0.05) is 21.3 Å². The second-order valence-corrected chi connectivity index (χ2v) is 3.41. The van der Waals surface area contributed by atoms with E-state index >= 15 is 0 Å². The molecule has 0 radical (unpaired) electrons. The van der Waals surface area contributed by atoms with Crippen LogP contribution in [-0.2, 0) is 18.9 Å². The fourth-order valence-electron chi connectivity index (χ4n) is 1.73. The maximum absolute atomic E-state index is 9.86. The van der Waals surface area contributed by atoms with E-state index in [9.17, 15) is 10.2 Å². The Morgan fingerprint density at radius 1 is 1.07 bits per heavy atom. The molecule has 5 atom stereocenters. The van der Waals surface area contributed by atoms with Crippen LogP contribution in [0.4, 0.5) is 0 Å². The molecule has 90 valence electrons. The molecular weight excluding hydrogens is 204 g/mol. The number of hydrogen-bond donors (Lipinski definition) is 2. The lowest BCUT2D eigenvalue weighted by molar-refractivity contribution is -0.296. The molecule has 0 aromatic rings. The van der Waals surface area contributed by atoms with Gasteiger partial charge in [-0.1, -0.05) is 0 Å². The molecule has 0 spiro atoms. The lowest BCUT2D eigenvalue weighted by atomic mass is 9.99. The van der Waals surface area contributed by atoms with Crippen LogP contribution in [0.3, 0.4) is 0 Å². The molecular formula is C9H18O6. The van der Waals surface area contributed by atoms with Gasteiger partial charge in [0.2, 0.25) is 0 Å². The highest BCUT2D eigenvalue weighted by atomic mass is 16.7. The number of methoxy groups -OCH3 is 3. The maximum Gasteiger partial charge on any atom is 0.184 e. The summed E-state index contributed by atoms with van der Waals surface area (Å²) in [5, 5.41) is 19.4. The van der Waals surface area contributed by atoms with E-state index in [0.29, 0.717) is 0 Å². The highest BCUT2D eigenvalue weighted by molar-refractivity contribution is 4.90. The Morgan fingerprint density at radius 3 is 2.13 bits per heavy atom. The number of rotatable bonds is 4. The van der Waals surface area contributed by atoms with Crippen LogP contribution in [0, 0.1) is 0 Å². The highest BCUT2D eigenvalue weighted by Gasteiger charge is 2.45. The summed E-state index contributed by atoms with van der Waals surface area (Å²) < 4.78 is 20.1. The van der Waals surface area contributed by atoms with Crippen LogP contribution >= 0.6 is 0 Å². The van der Waals surface area contributed by atoms with Crippen molar-refractivity contribution in [1.29, 1.82) is 0 Å². The van der Waals surface area contributed by atoms with Crippen LogP contribution in [0.1, 0.15) is 0 Å². The Balaban J connectivity index is 2.70. The van der Waals surface area contributed by atoms with Gasteiger partial charge in [-0.3, -0.25) is 0 Å². The monoisotopic (exact) mass is 222 g/mol. The van der Waals surface area contributed by atoms with Gasteiger partial charge in [0.15, 0.2) is 6.29 Å². The molecule has 0 aromatic carbocycles. The molecule has 1 fully saturated rings. The summed E-state index contributed by atoms with van der Waals surface area (Å²) in [7, 11) is 4.36. The van der Waals surface area contributed by atoms with Crippen LogP contribution in [0.5, 0.6) is 0 Å². The van der Waals surface area contributed by atoms with E-state index in [4.69, 9.17) is 18.9 Å². The smallest absolute Gasteiger partial charge is 0.184 e. The van der Waals surface area contributed by atoms with E-state index in [1.807, 2.05) is 0 Å². The minimum atomic E-state index is -1.12. The zero-order valence-electron chi connectivity index (χ0n) is 9.12. The Labute approximate surface area is 88.7 Å². The van der Waals surface area contributed by atoms with Crippen molar-refractivity contribution in [3.8, 4) is 0 Å². The molecule has 0 saturated carbocycles. The van der Waals surface area contributed by atoms with Crippen molar-refractivity contribution in [1.82, 2.24) is 0 Å². The molecule has 1 aliphatic heterocycles. The first kappa shape index (κ1) is 12.8. The zero-order valence-corrected chi connectivity index (χ0v) is 9.12. The maximum atomic E-state index is 9.86. The average molecular weight is 222 g/mol. The molecule has 0 amide bonds. The van der Waals surface area contributed by atoms with E-state index in [1.165, 1.54) is 21.3 Å². The molecule has 1 aliphatic rings. The van der Waals surface area contributed by atoms with Crippen molar-refractivity contribution in [3.63, 3.8) is 0 Å². The highest BCUT2D eigenvalue weighted by Crippen LogP contribution is 2.23. The topological polar surface area (TPSA) is 77.4 Å². The van der Waals surface area contributed by atoms with E-state index in [2.05, 4.69) is 0 Å². The third-order valence-electron chi connectivity index (χ3n) is 2.51. The van der Waals surface area contributed by atoms with Gasteiger partial charge in [-0.05, 0) is 0 Å². The Bertz CT molecular complexity index is 187. The molecule has 15 heavy (non-hydrogen) atoms. The lowest BCUT2D eigenvalue weighted by Gasteiger charge is -2.41. The number of ether oxygens (including phenoxy) is 4. The van der Waals surface area contributed by atoms with E-state index < -0.39 is 30.7 Å². The van der Waals surface area contributed by atoms with Crippen molar-refractivity contribution < 1.29 is 29.2 Å². The molecule has 1 saturated heterocycles. The van der Waals surface area contributed by atoms with Crippen LogP contribution in [0.25, 0.3) is 0 Å². The first-order chi connectivity index (χ1) is 7.15. The predicted molar refractivity (Wildman–Crippen MR) is 50.4 cm³/mol. The minimum Gasteiger partial charge on any atom is -0.387 e. The number of hydrogen-bond acceptors (Lipinski definition) is 6. The fraction of sp³-hybridized carbons (Fsp3) is 1.00. The van der Waals surface area contributed by atoms with E-state index in [0.717, 1.165) is 0 Å². The van der Waals surface area contributed by atoms with Gasteiger partial charge >= 0.3 is 0 Å². The van der Waals surface area contributed by atoms with Gasteiger partial charge < -0.3 is 29.2 Å². The quantitative estimate of drug-likeness (QED) is 0.618. The summed E-state index contributed by atoms with van der Waals surface area (Å²) in [5.41, 5.74) is 0. The Kier molecular flexibility index (Phi) is 4.91. The molecule has 0 bridgehead atoms. The summed E-state index contributed by atoms with van der Waals surface area (Å²) in [6.45, 7) is 0.189. The standard InChI is InChI=1S/C9H18O6/c1-12-4-5-6(10)7(13-2)8(14-3)9(11)15-5/h5-11H,4H2,1-3H3/t5-,6+,7?,8?,9-/m0/s1. The molecule has 1 heterocycles. The first-order valence-electron chi connectivity index (χ1n) is 4.71. The fourth-order valence-corrected chi connectivity index (χ4v) is 1.73. The second-order valence-electron chi connectivity index (χ2n) is 3.41. The van der Waals surface area contributed by atoms with Crippen molar-refractivity contribution in [3.05, 3.63) is 0 Å². The van der Waals surface area contributed by atoms with Gasteiger partial charge in [-0.2, -0.15) is 0 Å². The van der Waals surface area contributed by atoms with Crippen LogP contribution in [0.2, 0.25) is 0 Å². The Morgan fingerprint density at radius 2 is 1.67 bits per heavy atom. The predicted octanol–water partition coefficient (Wildman–Crippen LogP) is -1.26. The lowest BCUT2D eigenvalue weighted by Crippen LogP contribution is -2.59. The SMILES string of the molecule is COC[C@@H]1O[C@H](O)C(OC)C(OC)[C@@H]1O. The summed E-state index contributed by atoms with van der Waals surface area (Å²) in [5.74, 6) is 0. The largest absolute Gasteiger partial charge is 0.387 e. The molecule has 6 nitrogen and oxygen atoms in total. The molecule has 2 unspecified atom stereocenters. The molecule has 0 aromatic heterocycles. The van der Waals surface area contributed by atoms with E-state index in [1.54, 1.807) is 0 Å².